The fraction of sp³-hybridized carbons (Fsp3) is 0.643. The highest BCUT2D eigenvalue weighted by Gasteiger charge is 2.26. The SMILES string of the molecule is CSCCC(N)C(=O)NC(CC(=O)O)C(=O)NCC(=O)NC(C)C(=O)O. The molecule has 0 aliphatic carbocycles. The Kier molecular flexibility index (Phi) is 11.0. The molecule has 0 saturated heterocycles. The lowest BCUT2D eigenvalue weighted by molar-refractivity contribution is -0.142. The lowest BCUT2D eigenvalue weighted by Crippen LogP contribution is -2.54. The minimum Gasteiger partial charge on any atom is -0.481 e. The van der Waals surface area contributed by atoms with Crippen LogP contribution in [-0.4, -0.2) is 76.6 Å². The van der Waals surface area contributed by atoms with Gasteiger partial charge < -0.3 is 31.9 Å². The molecule has 0 rings (SSSR count). The van der Waals surface area contributed by atoms with E-state index in [2.05, 4.69) is 16.0 Å². The number of nitrogens with one attached hydrogen (secondary N) is 3. The molecule has 26 heavy (non-hydrogen) atoms. The van der Waals surface area contributed by atoms with Crippen molar-refractivity contribution >= 4 is 41.4 Å². The van der Waals surface area contributed by atoms with Gasteiger partial charge in [0.05, 0.1) is 19.0 Å². The molecule has 0 aliphatic heterocycles. The van der Waals surface area contributed by atoms with E-state index >= 15 is 0 Å². The van der Waals surface area contributed by atoms with Gasteiger partial charge in [-0.2, -0.15) is 11.8 Å². The van der Waals surface area contributed by atoms with Crippen molar-refractivity contribution in [2.75, 3.05) is 18.6 Å². The van der Waals surface area contributed by atoms with Crippen LogP contribution in [0.2, 0.25) is 0 Å². The van der Waals surface area contributed by atoms with Crippen LogP contribution in [0.1, 0.15) is 19.8 Å². The van der Waals surface area contributed by atoms with Gasteiger partial charge in [-0.05, 0) is 25.4 Å². The molecule has 3 atom stereocenters. The van der Waals surface area contributed by atoms with Crippen LogP contribution in [0.3, 0.4) is 0 Å². The van der Waals surface area contributed by atoms with E-state index < -0.39 is 60.8 Å². The van der Waals surface area contributed by atoms with Gasteiger partial charge in [-0.25, -0.2) is 0 Å². The van der Waals surface area contributed by atoms with E-state index in [1.54, 1.807) is 0 Å². The molecule has 0 aromatic carbocycles. The second kappa shape index (κ2) is 12.1. The summed E-state index contributed by atoms with van der Waals surface area (Å²) in [6.07, 6.45) is 1.49. The van der Waals surface area contributed by atoms with Gasteiger partial charge in [0.1, 0.15) is 12.1 Å². The first-order chi connectivity index (χ1) is 12.1. The van der Waals surface area contributed by atoms with Gasteiger partial charge >= 0.3 is 11.9 Å². The van der Waals surface area contributed by atoms with E-state index in [9.17, 15) is 24.0 Å². The molecule has 11 nitrogen and oxygen atoms in total. The predicted octanol–water partition coefficient (Wildman–Crippen LogP) is -2.27. The average molecular weight is 392 g/mol. The van der Waals surface area contributed by atoms with Gasteiger partial charge in [0.15, 0.2) is 0 Å². The lowest BCUT2D eigenvalue weighted by Gasteiger charge is -2.19. The van der Waals surface area contributed by atoms with Crippen LogP contribution in [0.15, 0.2) is 0 Å². The van der Waals surface area contributed by atoms with E-state index in [4.69, 9.17) is 15.9 Å². The Bertz CT molecular complexity index is 543. The number of carbonyl (C=O) groups excluding carboxylic acids is 3. The topological polar surface area (TPSA) is 188 Å². The molecular formula is C14H24N4O7S. The van der Waals surface area contributed by atoms with Crippen molar-refractivity contribution in [3.8, 4) is 0 Å². The number of carboxylic acid groups (broad SMARTS) is 2. The normalized spacial score (nSPS) is 13.8. The van der Waals surface area contributed by atoms with Gasteiger partial charge in [-0.1, -0.05) is 0 Å². The van der Waals surface area contributed by atoms with Crippen LogP contribution >= 0.6 is 11.8 Å². The number of aliphatic carboxylic acids is 2. The summed E-state index contributed by atoms with van der Waals surface area (Å²) in [7, 11) is 0. The van der Waals surface area contributed by atoms with Gasteiger partial charge in [-0.15, -0.1) is 0 Å². The first-order valence-corrected chi connectivity index (χ1v) is 9.04. The maximum atomic E-state index is 12.0. The van der Waals surface area contributed by atoms with Crippen LogP contribution < -0.4 is 21.7 Å². The third-order valence-electron chi connectivity index (χ3n) is 3.15. The highest BCUT2D eigenvalue weighted by molar-refractivity contribution is 7.98. The summed E-state index contributed by atoms with van der Waals surface area (Å²) in [4.78, 5) is 57.0. The second-order valence-corrected chi connectivity index (χ2v) is 6.38. The zero-order valence-electron chi connectivity index (χ0n) is 14.5. The molecule has 3 amide bonds. The number of nitrogens with two attached hydrogens (primary N) is 1. The monoisotopic (exact) mass is 392 g/mol. The summed E-state index contributed by atoms with van der Waals surface area (Å²) in [6, 6.07) is -3.46. The van der Waals surface area contributed by atoms with Crippen molar-refractivity contribution in [2.24, 2.45) is 5.73 Å². The van der Waals surface area contributed by atoms with Crippen LogP contribution in [0.5, 0.6) is 0 Å². The van der Waals surface area contributed by atoms with Crippen LogP contribution in [0.4, 0.5) is 0 Å². The Morgan fingerprint density at radius 2 is 1.69 bits per heavy atom. The zero-order valence-corrected chi connectivity index (χ0v) is 15.3. The molecule has 0 saturated carbocycles. The average Bonchev–Trinajstić information content (AvgIpc) is 2.56. The van der Waals surface area contributed by atoms with Crippen molar-refractivity contribution in [3.05, 3.63) is 0 Å². The molecule has 12 heteroatoms. The molecule has 0 heterocycles. The number of rotatable bonds is 12. The Labute approximate surface area is 154 Å². The molecule has 7 N–H and O–H groups in total. The highest BCUT2D eigenvalue weighted by Crippen LogP contribution is 2.00. The fourth-order valence-electron chi connectivity index (χ4n) is 1.68. The number of carboxylic acids is 2. The van der Waals surface area contributed by atoms with E-state index in [0.717, 1.165) is 0 Å². The second-order valence-electron chi connectivity index (χ2n) is 5.39. The first kappa shape index (κ1) is 23.7. The third-order valence-corrected chi connectivity index (χ3v) is 3.80. The molecule has 0 spiro atoms. The molecule has 148 valence electrons. The minimum atomic E-state index is -1.41. The Balaban J connectivity index is 4.68. The zero-order chi connectivity index (χ0) is 20.3. The van der Waals surface area contributed by atoms with E-state index in [1.165, 1.54) is 18.7 Å². The standard InChI is InChI=1S/C14H24N4O7S/c1-7(14(24)25)17-10(19)6-16-13(23)9(5-11(20)21)18-12(22)8(15)3-4-26-2/h7-9H,3-6,15H2,1-2H3,(H,16,23)(H,17,19)(H,18,22)(H,20,21)(H,24,25). The van der Waals surface area contributed by atoms with Crippen LogP contribution in [-0.2, 0) is 24.0 Å². The Morgan fingerprint density at radius 3 is 2.19 bits per heavy atom. The van der Waals surface area contributed by atoms with Crippen molar-refractivity contribution in [3.63, 3.8) is 0 Å². The van der Waals surface area contributed by atoms with Crippen molar-refractivity contribution in [2.45, 2.75) is 37.9 Å². The van der Waals surface area contributed by atoms with Crippen LogP contribution in [0, 0.1) is 0 Å². The third kappa shape index (κ3) is 9.84. The summed E-state index contributed by atoms with van der Waals surface area (Å²) >= 11 is 1.48. The summed E-state index contributed by atoms with van der Waals surface area (Å²) in [5.41, 5.74) is 5.66. The first-order valence-electron chi connectivity index (χ1n) is 7.65. The number of carbonyl (C=O) groups is 5. The molecule has 3 unspecified atom stereocenters. The number of amides is 3. The van der Waals surface area contributed by atoms with Crippen molar-refractivity contribution < 1.29 is 34.2 Å². The quantitative estimate of drug-likeness (QED) is 0.213. The Morgan fingerprint density at radius 1 is 1.08 bits per heavy atom. The van der Waals surface area contributed by atoms with Crippen molar-refractivity contribution in [1.29, 1.82) is 0 Å². The van der Waals surface area contributed by atoms with Crippen LogP contribution in [0.25, 0.3) is 0 Å². The fourth-order valence-corrected chi connectivity index (χ4v) is 2.17. The molecule has 0 radical (unpaired) electrons. The summed E-state index contributed by atoms with van der Waals surface area (Å²) in [6.45, 7) is 0.673. The van der Waals surface area contributed by atoms with Gasteiger partial charge in [0, 0.05) is 0 Å². The summed E-state index contributed by atoms with van der Waals surface area (Å²) in [5.74, 6) is -4.30. The highest BCUT2D eigenvalue weighted by atomic mass is 32.2. The molecular weight excluding hydrogens is 368 g/mol. The Hall–Kier alpha value is -2.34. The summed E-state index contributed by atoms with van der Waals surface area (Å²) in [5, 5.41) is 24.1. The molecule has 0 aromatic rings. The largest absolute Gasteiger partial charge is 0.481 e. The minimum absolute atomic E-state index is 0.351. The van der Waals surface area contributed by atoms with Gasteiger partial charge in [0.25, 0.3) is 0 Å². The smallest absolute Gasteiger partial charge is 0.325 e. The van der Waals surface area contributed by atoms with Gasteiger partial charge in [-0.3, -0.25) is 24.0 Å². The maximum absolute atomic E-state index is 12.0. The van der Waals surface area contributed by atoms with Crippen molar-refractivity contribution in [1.82, 2.24) is 16.0 Å². The molecule has 0 aromatic heterocycles. The number of hydrogen-bond donors (Lipinski definition) is 6. The molecule has 0 fully saturated rings. The van der Waals surface area contributed by atoms with E-state index in [1.807, 2.05) is 6.26 Å². The maximum Gasteiger partial charge on any atom is 0.325 e. The predicted molar refractivity (Wildman–Crippen MR) is 93.4 cm³/mol. The van der Waals surface area contributed by atoms with E-state index in [0.29, 0.717) is 12.2 Å². The number of thioether (sulfide) groups is 1. The van der Waals surface area contributed by atoms with Gasteiger partial charge in [0.2, 0.25) is 17.7 Å². The number of hydrogen-bond acceptors (Lipinski definition) is 7. The summed E-state index contributed by atoms with van der Waals surface area (Å²) < 4.78 is 0. The lowest BCUT2D eigenvalue weighted by atomic mass is 10.1. The molecule has 0 bridgehead atoms. The van der Waals surface area contributed by atoms with E-state index in [-0.39, 0.29) is 0 Å². The molecule has 0 aliphatic rings.